The lowest BCUT2D eigenvalue weighted by Crippen LogP contribution is -2.45. The van der Waals surface area contributed by atoms with Gasteiger partial charge in [-0.05, 0) is 37.3 Å². The number of nitrogens with zero attached hydrogens (tertiary/aromatic N) is 1. The van der Waals surface area contributed by atoms with Gasteiger partial charge in [0.2, 0.25) is 0 Å². The zero-order valence-electron chi connectivity index (χ0n) is 15.0. The number of piperidine rings is 1. The van der Waals surface area contributed by atoms with Gasteiger partial charge in [-0.15, -0.1) is 0 Å². The highest BCUT2D eigenvalue weighted by atomic mass is 16.5. The van der Waals surface area contributed by atoms with Crippen LogP contribution in [0.4, 0.5) is 0 Å². The van der Waals surface area contributed by atoms with Crippen LogP contribution >= 0.6 is 0 Å². The number of amides is 1. The molecule has 1 aromatic carbocycles. The number of hydrogen-bond donors (Lipinski definition) is 0. The van der Waals surface area contributed by atoms with Crippen LogP contribution in [0.25, 0.3) is 0 Å². The van der Waals surface area contributed by atoms with E-state index in [1.807, 2.05) is 24.3 Å². The highest BCUT2D eigenvalue weighted by Gasteiger charge is 2.30. The molecule has 5 nitrogen and oxygen atoms in total. The van der Waals surface area contributed by atoms with Gasteiger partial charge in [-0.25, -0.2) is 0 Å². The van der Waals surface area contributed by atoms with Gasteiger partial charge in [0.25, 0.3) is 5.91 Å². The van der Waals surface area contributed by atoms with Crippen molar-refractivity contribution in [2.24, 2.45) is 5.92 Å². The largest absolute Gasteiger partial charge is 0.481 e. The summed E-state index contributed by atoms with van der Waals surface area (Å²) in [6.45, 7) is 7.13. The van der Waals surface area contributed by atoms with Gasteiger partial charge in [-0.1, -0.05) is 32.0 Å². The lowest BCUT2D eigenvalue weighted by Gasteiger charge is -2.32. The number of carbonyl (C=O) groups is 2. The van der Waals surface area contributed by atoms with Crippen molar-refractivity contribution in [3.63, 3.8) is 0 Å². The van der Waals surface area contributed by atoms with Crippen molar-refractivity contribution in [2.75, 3.05) is 20.2 Å². The van der Waals surface area contributed by atoms with E-state index in [0.717, 1.165) is 11.3 Å². The van der Waals surface area contributed by atoms with E-state index in [-0.39, 0.29) is 17.8 Å². The molecule has 1 aliphatic rings. The van der Waals surface area contributed by atoms with E-state index in [1.165, 1.54) is 7.11 Å². The van der Waals surface area contributed by atoms with Gasteiger partial charge in [0.15, 0.2) is 6.10 Å². The fourth-order valence-electron chi connectivity index (χ4n) is 3.07. The van der Waals surface area contributed by atoms with Crippen LogP contribution in [0.1, 0.15) is 45.1 Å². The summed E-state index contributed by atoms with van der Waals surface area (Å²) in [7, 11) is 1.40. The second-order valence-electron chi connectivity index (χ2n) is 6.58. The molecule has 1 heterocycles. The molecule has 1 saturated heterocycles. The second kappa shape index (κ2) is 8.18. The number of ether oxygens (including phenoxy) is 2. The van der Waals surface area contributed by atoms with Crippen molar-refractivity contribution >= 4 is 11.9 Å². The van der Waals surface area contributed by atoms with E-state index in [9.17, 15) is 9.59 Å². The van der Waals surface area contributed by atoms with E-state index in [4.69, 9.17) is 9.47 Å². The molecule has 24 heavy (non-hydrogen) atoms. The summed E-state index contributed by atoms with van der Waals surface area (Å²) in [4.78, 5) is 26.0. The normalized spacial score (nSPS) is 16.8. The van der Waals surface area contributed by atoms with E-state index in [2.05, 4.69) is 13.8 Å². The molecule has 0 spiro atoms. The molecule has 1 fully saturated rings. The number of rotatable bonds is 5. The van der Waals surface area contributed by atoms with Crippen molar-refractivity contribution in [1.29, 1.82) is 0 Å². The molecule has 1 amide bonds. The number of benzene rings is 1. The standard InChI is InChI=1S/C19H27NO4/c1-13(2)16-7-5-6-8-17(16)24-14(3)18(21)20-11-9-15(10-12-20)19(22)23-4/h5-8,13-15H,9-12H2,1-4H3/t14-/m1/s1. The molecule has 1 aliphatic heterocycles. The van der Waals surface area contributed by atoms with Crippen molar-refractivity contribution in [3.8, 4) is 5.75 Å². The third-order valence-corrected chi connectivity index (χ3v) is 4.53. The minimum absolute atomic E-state index is 0.0307. The smallest absolute Gasteiger partial charge is 0.308 e. The molecule has 132 valence electrons. The summed E-state index contributed by atoms with van der Waals surface area (Å²) in [6.07, 6.45) is 0.751. The Kier molecular flexibility index (Phi) is 6.23. The van der Waals surface area contributed by atoms with Gasteiger partial charge in [0.1, 0.15) is 5.75 Å². The Bertz CT molecular complexity index is 576. The van der Waals surface area contributed by atoms with Crippen LogP contribution in [0.5, 0.6) is 5.75 Å². The Hall–Kier alpha value is -2.04. The first-order chi connectivity index (χ1) is 11.4. The molecule has 0 N–H and O–H groups in total. The minimum Gasteiger partial charge on any atom is -0.481 e. The fourth-order valence-corrected chi connectivity index (χ4v) is 3.07. The molecular formula is C19H27NO4. The van der Waals surface area contributed by atoms with Gasteiger partial charge >= 0.3 is 5.97 Å². The molecular weight excluding hydrogens is 306 g/mol. The molecule has 1 aromatic rings. The molecule has 0 bridgehead atoms. The molecule has 0 unspecified atom stereocenters. The van der Waals surface area contributed by atoms with Gasteiger partial charge in [0.05, 0.1) is 13.0 Å². The third-order valence-electron chi connectivity index (χ3n) is 4.53. The van der Waals surface area contributed by atoms with Crippen LogP contribution < -0.4 is 4.74 Å². The van der Waals surface area contributed by atoms with Crippen LogP contribution in [0.2, 0.25) is 0 Å². The zero-order chi connectivity index (χ0) is 17.7. The summed E-state index contributed by atoms with van der Waals surface area (Å²) >= 11 is 0. The number of hydrogen-bond acceptors (Lipinski definition) is 4. The Morgan fingerprint density at radius 2 is 1.75 bits per heavy atom. The number of para-hydroxylation sites is 1. The molecule has 0 radical (unpaired) electrons. The maximum absolute atomic E-state index is 12.6. The van der Waals surface area contributed by atoms with Crippen LogP contribution in [0, 0.1) is 5.92 Å². The SMILES string of the molecule is COC(=O)C1CCN(C(=O)[C@@H](C)Oc2ccccc2C(C)C)CC1. The Morgan fingerprint density at radius 3 is 2.33 bits per heavy atom. The van der Waals surface area contributed by atoms with Gasteiger partial charge in [-0.3, -0.25) is 9.59 Å². The average molecular weight is 333 g/mol. The molecule has 2 rings (SSSR count). The minimum atomic E-state index is -0.542. The average Bonchev–Trinajstić information content (AvgIpc) is 2.60. The Morgan fingerprint density at radius 1 is 1.12 bits per heavy atom. The van der Waals surface area contributed by atoms with Crippen LogP contribution in [0.3, 0.4) is 0 Å². The van der Waals surface area contributed by atoms with Crippen LogP contribution in [-0.4, -0.2) is 43.1 Å². The predicted octanol–water partition coefficient (Wildman–Crippen LogP) is 2.99. The monoisotopic (exact) mass is 333 g/mol. The van der Waals surface area contributed by atoms with Crippen molar-refractivity contribution < 1.29 is 19.1 Å². The van der Waals surface area contributed by atoms with E-state index in [1.54, 1.807) is 11.8 Å². The third kappa shape index (κ3) is 4.28. The quantitative estimate of drug-likeness (QED) is 0.777. The Labute approximate surface area is 143 Å². The van der Waals surface area contributed by atoms with Crippen molar-refractivity contribution in [1.82, 2.24) is 4.90 Å². The highest BCUT2D eigenvalue weighted by molar-refractivity contribution is 5.81. The number of likely N-dealkylation sites (tertiary alicyclic amines) is 1. The number of carbonyl (C=O) groups excluding carboxylic acids is 2. The topological polar surface area (TPSA) is 55.8 Å². The van der Waals surface area contributed by atoms with Crippen LogP contribution in [-0.2, 0) is 14.3 Å². The molecule has 0 aliphatic carbocycles. The Balaban J connectivity index is 1.95. The summed E-state index contributed by atoms with van der Waals surface area (Å²) in [5.41, 5.74) is 1.10. The molecule has 5 heteroatoms. The number of methoxy groups -OCH3 is 1. The first-order valence-corrected chi connectivity index (χ1v) is 8.56. The zero-order valence-corrected chi connectivity index (χ0v) is 15.0. The van der Waals surface area contributed by atoms with Gasteiger partial charge in [0, 0.05) is 13.1 Å². The maximum Gasteiger partial charge on any atom is 0.308 e. The molecule has 0 aromatic heterocycles. The predicted molar refractivity (Wildman–Crippen MR) is 91.9 cm³/mol. The lowest BCUT2D eigenvalue weighted by atomic mass is 9.97. The first kappa shape index (κ1) is 18.3. The van der Waals surface area contributed by atoms with Crippen molar-refractivity contribution in [3.05, 3.63) is 29.8 Å². The van der Waals surface area contributed by atoms with E-state index < -0.39 is 6.10 Å². The van der Waals surface area contributed by atoms with Crippen LogP contribution in [0.15, 0.2) is 24.3 Å². The second-order valence-corrected chi connectivity index (χ2v) is 6.58. The molecule has 0 saturated carbocycles. The highest BCUT2D eigenvalue weighted by Crippen LogP contribution is 2.27. The lowest BCUT2D eigenvalue weighted by molar-refractivity contribution is -0.150. The summed E-state index contributed by atoms with van der Waals surface area (Å²) < 4.78 is 10.7. The van der Waals surface area contributed by atoms with Gasteiger partial charge < -0.3 is 14.4 Å². The summed E-state index contributed by atoms with van der Waals surface area (Å²) in [6, 6.07) is 7.83. The van der Waals surface area contributed by atoms with Crippen molar-refractivity contribution in [2.45, 2.75) is 45.6 Å². The number of esters is 1. The van der Waals surface area contributed by atoms with E-state index >= 15 is 0 Å². The first-order valence-electron chi connectivity index (χ1n) is 8.56. The molecule has 1 atom stereocenters. The summed E-state index contributed by atoms with van der Waals surface area (Å²) in [5.74, 6) is 0.781. The fraction of sp³-hybridized carbons (Fsp3) is 0.579. The summed E-state index contributed by atoms with van der Waals surface area (Å²) in [5, 5.41) is 0. The maximum atomic E-state index is 12.6. The van der Waals surface area contributed by atoms with Gasteiger partial charge in [-0.2, -0.15) is 0 Å². The van der Waals surface area contributed by atoms with E-state index in [0.29, 0.717) is 31.8 Å².